The molecule has 22 heavy (non-hydrogen) atoms. The molecule has 3 saturated heterocycles. The Balaban J connectivity index is 1.36. The minimum atomic E-state index is 0.644. The first kappa shape index (κ1) is 14.3. The Morgan fingerprint density at radius 1 is 1.18 bits per heavy atom. The fourth-order valence-corrected chi connectivity index (χ4v) is 3.75. The second kappa shape index (κ2) is 5.72. The van der Waals surface area contributed by atoms with E-state index in [1.54, 1.807) is 6.33 Å². The Morgan fingerprint density at radius 2 is 2.00 bits per heavy atom. The van der Waals surface area contributed by atoms with Crippen LogP contribution in [0.15, 0.2) is 29.1 Å². The molecule has 5 rings (SSSR count). The van der Waals surface area contributed by atoms with Gasteiger partial charge in [-0.05, 0) is 34.5 Å². The van der Waals surface area contributed by atoms with Gasteiger partial charge in [0, 0.05) is 49.4 Å². The Morgan fingerprint density at radius 3 is 2.64 bits per heavy atom. The molecule has 2 aromatic rings. The molecule has 0 aliphatic carbocycles. The van der Waals surface area contributed by atoms with Gasteiger partial charge < -0.3 is 0 Å². The van der Waals surface area contributed by atoms with E-state index in [-0.39, 0.29) is 0 Å². The molecular weight excluding hydrogens is 344 g/mol. The van der Waals surface area contributed by atoms with Crippen molar-refractivity contribution in [1.82, 2.24) is 29.5 Å². The molecule has 0 aromatic carbocycles. The summed E-state index contributed by atoms with van der Waals surface area (Å²) in [6.45, 7) is 4.09. The van der Waals surface area contributed by atoms with Crippen molar-refractivity contribution in [2.75, 3.05) is 13.1 Å². The molecule has 116 valence electrons. The minimum absolute atomic E-state index is 0.644. The van der Waals surface area contributed by atoms with Crippen LogP contribution in [0.3, 0.4) is 0 Å². The van der Waals surface area contributed by atoms with Crippen LogP contribution in [0, 0.1) is 0 Å². The first-order valence-corrected chi connectivity index (χ1v) is 8.40. The van der Waals surface area contributed by atoms with E-state index in [9.17, 15) is 0 Å². The summed E-state index contributed by atoms with van der Waals surface area (Å²) in [6.07, 6.45) is 4.82. The number of piperidine rings is 1. The Bertz CT molecular complexity index is 642. The van der Waals surface area contributed by atoms with Crippen molar-refractivity contribution in [3.63, 3.8) is 0 Å². The Hall–Kier alpha value is -1.31. The van der Waals surface area contributed by atoms with Gasteiger partial charge in [0.05, 0.1) is 12.2 Å². The van der Waals surface area contributed by atoms with Crippen molar-refractivity contribution in [3.8, 4) is 0 Å². The monoisotopic (exact) mass is 362 g/mol. The third kappa shape index (κ3) is 2.68. The largest absolute Gasteiger partial charge is 0.294 e. The summed E-state index contributed by atoms with van der Waals surface area (Å²) in [7, 11) is 1.96. The number of aryl methyl sites for hydroxylation is 1. The molecule has 2 aromatic heterocycles. The van der Waals surface area contributed by atoms with Crippen molar-refractivity contribution in [2.45, 2.75) is 31.6 Å². The number of halogens is 1. The quantitative estimate of drug-likeness (QED) is 0.823. The zero-order valence-electron chi connectivity index (χ0n) is 12.6. The lowest BCUT2D eigenvalue weighted by molar-refractivity contribution is -0.0795. The molecule has 0 saturated carbocycles. The van der Waals surface area contributed by atoms with Gasteiger partial charge in [-0.1, -0.05) is 0 Å². The van der Waals surface area contributed by atoms with Gasteiger partial charge in [0.25, 0.3) is 0 Å². The maximum atomic E-state index is 4.48. The van der Waals surface area contributed by atoms with Crippen molar-refractivity contribution >= 4 is 15.9 Å². The lowest BCUT2D eigenvalue weighted by Gasteiger charge is -2.56. The first-order chi connectivity index (χ1) is 10.7. The smallest absolute Gasteiger partial charge is 0.140 e. The number of fused-ring (bicyclic) bond motifs is 2. The maximum Gasteiger partial charge on any atom is 0.140 e. The first-order valence-electron chi connectivity index (χ1n) is 7.60. The number of hydrogen-bond donors (Lipinski definition) is 0. The summed E-state index contributed by atoms with van der Waals surface area (Å²) in [5.41, 5.74) is 1.14. The van der Waals surface area contributed by atoms with Crippen molar-refractivity contribution in [2.24, 2.45) is 7.05 Å². The molecule has 0 radical (unpaired) electrons. The molecule has 2 atom stereocenters. The number of piperazine rings is 1. The molecule has 2 unspecified atom stereocenters. The van der Waals surface area contributed by atoms with Crippen molar-refractivity contribution in [1.29, 1.82) is 0 Å². The maximum absolute atomic E-state index is 4.48. The van der Waals surface area contributed by atoms with Gasteiger partial charge in [0.15, 0.2) is 0 Å². The van der Waals surface area contributed by atoms with Crippen LogP contribution >= 0.6 is 15.9 Å². The molecule has 7 heteroatoms. The highest BCUT2D eigenvalue weighted by atomic mass is 79.9. The molecule has 3 aliphatic heterocycles. The van der Waals surface area contributed by atoms with E-state index >= 15 is 0 Å². The Kier molecular flexibility index (Phi) is 3.71. The van der Waals surface area contributed by atoms with Crippen LogP contribution in [-0.2, 0) is 20.1 Å². The van der Waals surface area contributed by atoms with Crippen molar-refractivity contribution < 1.29 is 0 Å². The summed E-state index contributed by atoms with van der Waals surface area (Å²) >= 11 is 3.43. The molecule has 2 bridgehead atoms. The third-order valence-electron chi connectivity index (χ3n) is 4.72. The number of aromatic nitrogens is 4. The second-order valence-corrected chi connectivity index (χ2v) is 7.09. The normalized spacial score (nSPS) is 25.2. The van der Waals surface area contributed by atoms with E-state index in [1.165, 1.54) is 6.42 Å². The van der Waals surface area contributed by atoms with Crippen LogP contribution in [-0.4, -0.2) is 54.7 Å². The average molecular weight is 363 g/mol. The van der Waals surface area contributed by atoms with Crippen LogP contribution < -0.4 is 0 Å². The van der Waals surface area contributed by atoms with Gasteiger partial charge in [0.1, 0.15) is 12.2 Å². The van der Waals surface area contributed by atoms with Crippen molar-refractivity contribution in [3.05, 3.63) is 40.6 Å². The summed E-state index contributed by atoms with van der Waals surface area (Å²) in [5, 5.41) is 4.16. The van der Waals surface area contributed by atoms with E-state index in [0.717, 1.165) is 42.2 Å². The highest BCUT2D eigenvalue weighted by Crippen LogP contribution is 2.33. The van der Waals surface area contributed by atoms with Crippen LogP contribution in [0.4, 0.5) is 0 Å². The van der Waals surface area contributed by atoms with E-state index in [4.69, 9.17) is 0 Å². The standard InChI is InChI=1S/C15H19BrN6/c1-20-15(18-10-19-20)9-22-13-4-14(22)8-21(7-13)6-12-3-2-11(16)5-17-12/h2-3,5,10,13-14H,4,6-9H2,1H3. The SMILES string of the molecule is Cn1ncnc1CN1C2CC1CN(Cc1ccc(Br)cn1)C2. The molecule has 0 N–H and O–H groups in total. The lowest BCUT2D eigenvalue weighted by Crippen LogP contribution is -2.67. The molecular formula is C15H19BrN6. The van der Waals surface area contributed by atoms with Crippen LogP contribution in [0.5, 0.6) is 0 Å². The average Bonchev–Trinajstić information content (AvgIpc) is 2.92. The molecule has 6 nitrogen and oxygen atoms in total. The van der Waals surface area contributed by atoms with Gasteiger partial charge in [-0.25, -0.2) is 4.98 Å². The van der Waals surface area contributed by atoms with Gasteiger partial charge in [-0.3, -0.25) is 19.5 Å². The van der Waals surface area contributed by atoms with Crippen LogP contribution in [0.2, 0.25) is 0 Å². The van der Waals surface area contributed by atoms with Gasteiger partial charge >= 0.3 is 0 Å². The second-order valence-electron chi connectivity index (χ2n) is 6.18. The predicted molar refractivity (Wildman–Crippen MR) is 86.0 cm³/mol. The third-order valence-corrected chi connectivity index (χ3v) is 5.19. The highest BCUT2D eigenvalue weighted by molar-refractivity contribution is 9.10. The number of pyridine rings is 1. The number of rotatable bonds is 4. The fourth-order valence-electron chi connectivity index (χ4n) is 3.52. The predicted octanol–water partition coefficient (Wildman–Crippen LogP) is 1.43. The minimum Gasteiger partial charge on any atom is -0.294 e. The summed E-state index contributed by atoms with van der Waals surface area (Å²) < 4.78 is 2.91. The molecule has 5 heterocycles. The lowest BCUT2D eigenvalue weighted by atomic mass is 9.87. The van der Waals surface area contributed by atoms with Crippen LogP contribution in [0.1, 0.15) is 17.9 Å². The van der Waals surface area contributed by atoms with Gasteiger partial charge in [-0.2, -0.15) is 5.10 Å². The topological polar surface area (TPSA) is 50.1 Å². The summed E-state index contributed by atoms with van der Waals surface area (Å²) in [6, 6.07) is 5.45. The number of hydrogen-bond acceptors (Lipinski definition) is 5. The molecule has 0 amide bonds. The van der Waals surface area contributed by atoms with E-state index < -0.39 is 0 Å². The van der Waals surface area contributed by atoms with E-state index in [0.29, 0.717) is 12.1 Å². The van der Waals surface area contributed by atoms with E-state index in [2.05, 4.69) is 52.9 Å². The van der Waals surface area contributed by atoms with Gasteiger partial charge in [-0.15, -0.1) is 0 Å². The summed E-state index contributed by atoms with van der Waals surface area (Å²) in [5.74, 6) is 1.05. The highest BCUT2D eigenvalue weighted by Gasteiger charge is 2.44. The zero-order chi connectivity index (χ0) is 15.1. The molecule has 0 spiro atoms. The Labute approximate surface area is 138 Å². The van der Waals surface area contributed by atoms with Crippen LogP contribution in [0.25, 0.3) is 0 Å². The van der Waals surface area contributed by atoms with Gasteiger partial charge in [0.2, 0.25) is 0 Å². The zero-order valence-corrected chi connectivity index (χ0v) is 14.1. The van der Waals surface area contributed by atoms with E-state index in [1.807, 2.05) is 17.9 Å². The fraction of sp³-hybridized carbons (Fsp3) is 0.533. The summed E-state index contributed by atoms with van der Waals surface area (Å²) in [4.78, 5) is 13.9. The molecule has 3 aliphatic rings. The molecule has 3 fully saturated rings. The number of nitrogens with zero attached hydrogens (tertiary/aromatic N) is 6.